The zero-order chi connectivity index (χ0) is 26.4. The third-order valence-corrected chi connectivity index (χ3v) is 8.46. The highest BCUT2D eigenvalue weighted by molar-refractivity contribution is 5.86. The number of carbonyl (C=O) groups is 1. The molecule has 39 heavy (non-hydrogen) atoms. The fraction of sp³-hybridized carbons (Fsp3) is 0.500. The molecule has 1 N–H and O–H groups in total. The molecule has 2 fully saturated rings. The van der Waals surface area contributed by atoms with Gasteiger partial charge in [0.25, 0.3) is 0 Å². The molecule has 7 nitrogen and oxygen atoms in total. The molecular weight excluding hydrogens is 488 g/mol. The maximum atomic E-state index is 12.7. The topological polar surface area (TPSA) is 66.9 Å². The average molecular weight is 529 g/mol. The Kier molecular flexibility index (Phi) is 8.26. The first-order valence-corrected chi connectivity index (χ1v) is 14.7. The van der Waals surface area contributed by atoms with Gasteiger partial charge in [-0.3, -0.25) is 9.88 Å². The van der Waals surface area contributed by atoms with E-state index in [1.165, 1.54) is 29.6 Å². The van der Waals surface area contributed by atoms with Gasteiger partial charge in [-0.1, -0.05) is 37.1 Å². The van der Waals surface area contributed by atoms with E-state index >= 15 is 0 Å². The second kappa shape index (κ2) is 12.3. The fourth-order valence-electron chi connectivity index (χ4n) is 6.14. The highest BCUT2D eigenvalue weighted by Crippen LogP contribution is 2.37. The number of pyridine rings is 1. The quantitative estimate of drug-likeness (QED) is 0.485. The van der Waals surface area contributed by atoms with Crippen LogP contribution in [0.3, 0.4) is 0 Å². The molecule has 2 aliphatic carbocycles. The van der Waals surface area contributed by atoms with E-state index in [0.717, 1.165) is 101 Å². The smallest absolute Gasteiger partial charge is 0.317 e. The molecule has 0 atom stereocenters. The number of carbonyl (C=O) groups excluding carboxylic acids is 1. The van der Waals surface area contributed by atoms with Crippen molar-refractivity contribution in [1.29, 1.82) is 0 Å². The molecule has 4 aliphatic rings. The number of rotatable bonds is 8. The van der Waals surface area contributed by atoms with Gasteiger partial charge < -0.3 is 19.7 Å². The highest BCUT2D eigenvalue weighted by atomic mass is 16.5. The van der Waals surface area contributed by atoms with E-state index in [0.29, 0.717) is 12.6 Å². The fourth-order valence-corrected chi connectivity index (χ4v) is 6.14. The van der Waals surface area contributed by atoms with Crippen LogP contribution in [0.1, 0.15) is 49.8 Å². The lowest BCUT2D eigenvalue weighted by molar-refractivity contribution is 0.0358. The van der Waals surface area contributed by atoms with Gasteiger partial charge in [0.1, 0.15) is 5.75 Å². The average Bonchev–Trinajstić information content (AvgIpc) is 3.66. The van der Waals surface area contributed by atoms with Crippen LogP contribution in [0.15, 0.2) is 54.3 Å². The molecule has 6 rings (SSSR count). The Morgan fingerprint density at radius 1 is 1.05 bits per heavy atom. The Balaban J connectivity index is 1.04. The van der Waals surface area contributed by atoms with E-state index < -0.39 is 0 Å². The van der Waals surface area contributed by atoms with Gasteiger partial charge in [0.05, 0.1) is 25.5 Å². The molecule has 1 aromatic heterocycles. The molecule has 7 heteroatoms. The summed E-state index contributed by atoms with van der Waals surface area (Å²) in [4.78, 5) is 21.9. The van der Waals surface area contributed by atoms with Gasteiger partial charge in [0.2, 0.25) is 0 Å². The summed E-state index contributed by atoms with van der Waals surface area (Å²) in [6.07, 6.45) is 14.0. The minimum Gasteiger partial charge on any atom is -0.494 e. The molecule has 2 aliphatic heterocycles. The van der Waals surface area contributed by atoms with Gasteiger partial charge in [-0.05, 0) is 60.6 Å². The first-order valence-electron chi connectivity index (χ1n) is 14.7. The Hall–Kier alpha value is -3.16. The van der Waals surface area contributed by atoms with Crippen molar-refractivity contribution in [2.45, 2.75) is 51.0 Å². The van der Waals surface area contributed by atoms with Crippen LogP contribution >= 0.6 is 0 Å². The number of ether oxygens (including phenoxy) is 2. The summed E-state index contributed by atoms with van der Waals surface area (Å²) >= 11 is 0. The molecule has 0 unspecified atom stereocenters. The maximum absolute atomic E-state index is 12.7. The predicted octanol–water partition coefficient (Wildman–Crippen LogP) is 5.07. The molecule has 1 aromatic carbocycles. The molecule has 2 aromatic rings. The number of nitrogens with zero attached hydrogens (tertiary/aromatic N) is 3. The Labute approximate surface area is 231 Å². The van der Waals surface area contributed by atoms with Gasteiger partial charge in [-0.15, -0.1) is 0 Å². The van der Waals surface area contributed by atoms with Crippen LogP contribution in [-0.2, 0) is 11.2 Å². The second-order valence-electron chi connectivity index (χ2n) is 11.1. The van der Waals surface area contributed by atoms with Crippen molar-refractivity contribution in [3.63, 3.8) is 0 Å². The summed E-state index contributed by atoms with van der Waals surface area (Å²) in [5.74, 6) is 0.907. The summed E-state index contributed by atoms with van der Waals surface area (Å²) in [6.45, 7) is 6.93. The largest absolute Gasteiger partial charge is 0.494 e. The van der Waals surface area contributed by atoms with E-state index in [4.69, 9.17) is 14.5 Å². The zero-order valence-electron chi connectivity index (χ0n) is 22.9. The number of amides is 2. The Morgan fingerprint density at radius 2 is 1.87 bits per heavy atom. The molecular formula is C32H40N4O3. The van der Waals surface area contributed by atoms with Gasteiger partial charge in [0.15, 0.2) is 0 Å². The lowest BCUT2D eigenvalue weighted by Gasteiger charge is -2.28. The van der Waals surface area contributed by atoms with Crippen molar-refractivity contribution in [2.24, 2.45) is 0 Å². The third-order valence-electron chi connectivity index (χ3n) is 8.46. The minimum absolute atomic E-state index is 0.0893. The maximum Gasteiger partial charge on any atom is 0.317 e. The first kappa shape index (κ1) is 26.1. The van der Waals surface area contributed by atoms with Crippen LogP contribution in [0.5, 0.6) is 5.75 Å². The Morgan fingerprint density at radius 3 is 2.64 bits per heavy atom. The van der Waals surface area contributed by atoms with E-state index in [1.807, 2.05) is 11.1 Å². The summed E-state index contributed by atoms with van der Waals surface area (Å²) < 4.78 is 11.4. The number of allylic oxidation sites excluding steroid dienone is 2. The standard InChI is InChI=1S/C32H40N4O3/c37-32(34-27-4-1-2-5-27)36-15-12-25(13-16-36)29-10-11-31-30(29)22-26(23-33-31)24-6-8-28(9-7-24)39-19-3-14-35-17-20-38-21-18-35/h6-10,12,22-23,27H,1-5,11,13-21H2,(H,34,37). The summed E-state index contributed by atoms with van der Waals surface area (Å²) in [6, 6.07) is 11.1. The van der Waals surface area contributed by atoms with Crippen LogP contribution in [0.2, 0.25) is 0 Å². The first-order chi connectivity index (χ1) is 19.2. The third kappa shape index (κ3) is 6.36. The van der Waals surface area contributed by atoms with Crippen molar-refractivity contribution in [2.75, 3.05) is 52.5 Å². The number of hydrogen-bond acceptors (Lipinski definition) is 5. The van der Waals surface area contributed by atoms with Crippen LogP contribution in [-0.4, -0.2) is 79.4 Å². The summed E-state index contributed by atoms with van der Waals surface area (Å²) in [5.41, 5.74) is 7.25. The van der Waals surface area contributed by atoms with E-state index in [9.17, 15) is 4.79 Å². The summed E-state index contributed by atoms with van der Waals surface area (Å²) in [7, 11) is 0. The molecule has 0 radical (unpaired) electrons. The molecule has 3 heterocycles. The lowest BCUT2D eigenvalue weighted by atomic mass is 9.94. The van der Waals surface area contributed by atoms with Gasteiger partial charge in [0, 0.05) is 62.5 Å². The lowest BCUT2D eigenvalue weighted by Crippen LogP contribution is -2.45. The SMILES string of the molecule is O=C(NC1CCCC1)N1CC=C(C2=CCc3ncc(-c4ccc(OCCCN5CCOCC5)cc4)cc32)CC1. The molecule has 206 valence electrons. The number of morpholine rings is 1. The summed E-state index contributed by atoms with van der Waals surface area (Å²) in [5, 5.41) is 3.22. The van der Waals surface area contributed by atoms with Gasteiger partial charge >= 0.3 is 6.03 Å². The van der Waals surface area contributed by atoms with Crippen molar-refractivity contribution < 1.29 is 14.3 Å². The molecule has 0 spiro atoms. The van der Waals surface area contributed by atoms with Crippen LogP contribution < -0.4 is 10.1 Å². The normalized spacial score (nSPS) is 19.9. The van der Waals surface area contributed by atoms with Crippen molar-refractivity contribution in [3.8, 4) is 16.9 Å². The number of aromatic nitrogens is 1. The van der Waals surface area contributed by atoms with E-state index in [1.54, 1.807) is 0 Å². The molecule has 1 saturated heterocycles. The van der Waals surface area contributed by atoms with Gasteiger partial charge in [-0.2, -0.15) is 0 Å². The number of hydrogen-bond donors (Lipinski definition) is 1. The van der Waals surface area contributed by atoms with E-state index in [2.05, 4.69) is 52.7 Å². The van der Waals surface area contributed by atoms with Crippen molar-refractivity contribution >= 4 is 11.6 Å². The molecule has 0 bridgehead atoms. The monoisotopic (exact) mass is 528 g/mol. The highest BCUT2D eigenvalue weighted by Gasteiger charge is 2.25. The molecule has 1 saturated carbocycles. The Bertz CT molecular complexity index is 1210. The van der Waals surface area contributed by atoms with Crippen molar-refractivity contribution in [3.05, 3.63) is 65.5 Å². The number of urea groups is 1. The zero-order valence-corrected chi connectivity index (χ0v) is 22.9. The van der Waals surface area contributed by atoms with Crippen LogP contribution in [0.4, 0.5) is 4.79 Å². The van der Waals surface area contributed by atoms with E-state index in [-0.39, 0.29) is 6.03 Å². The number of benzene rings is 1. The molecule has 2 amide bonds. The van der Waals surface area contributed by atoms with Crippen LogP contribution in [0.25, 0.3) is 16.7 Å². The van der Waals surface area contributed by atoms with Gasteiger partial charge in [-0.25, -0.2) is 4.79 Å². The number of nitrogens with one attached hydrogen (secondary N) is 1. The second-order valence-corrected chi connectivity index (χ2v) is 11.1. The van der Waals surface area contributed by atoms with Crippen molar-refractivity contribution in [1.82, 2.24) is 20.1 Å². The predicted molar refractivity (Wildman–Crippen MR) is 154 cm³/mol. The minimum atomic E-state index is 0.0893. The van der Waals surface area contributed by atoms with Crippen LogP contribution in [0, 0.1) is 0 Å². The number of fused-ring (bicyclic) bond motifs is 1.